The van der Waals surface area contributed by atoms with E-state index in [1.807, 2.05) is 6.92 Å². The van der Waals surface area contributed by atoms with Gasteiger partial charge in [0, 0.05) is 11.6 Å². The molecule has 0 amide bonds. The average Bonchev–Trinajstić information content (AvgIpc) is 2.79. The van der Waals surface area contributed by atoms with Gasteiger partial charge in [-0.15, -0.1) is 0 Å². The second-order valence-corrected chi connectivity index (χ2v) is 7.24. The summed E-state index contributed by atoms with van der Waals surface area (Å²) in [5.41, 5.74) is -1.18. The molecule has 0 spiro atoms. The highest BCUT2D eigenvalue weighted by molar-refractivity contribution is 5.90. The summed E-state index contributed by atoms with van der Waals surface area (Å²) in [6.07, 6.45) is 12.5. The molecular weight excluding hydrogens is 336 g/mol. The number of carbonyl (C=O) groups is 3. The fourth-order valence-corrected chi connectivity index (χ4v) is 3.05. The monoisotopic (exact) mass is 364 g/mol. The lowest BCUT2D eigenvalue weighted by Gasteiger charge is -2.27. The summed E-state index contributed by atoms with van der Waals surface area (Å²) in [5.74, 6) is -2.35. The molecule has 1 fully saturated rings. The van der Waals surface area contributed by atoms with E-state index in [-0.39, 0.29) is 23.6 Å². The van der Waals surface area contributed by atoms with E-state index in [0.717, 1.165) is 12.8 Å². The van der Waals surface area contributed by atoms with Crippen molar-refractivity contribution in [2.75, 3.05) is 0 Å². The van der Waals surface area contributed by atoms with Crippen molar-refractivity contribution >= 4 is 17.9 Å². The molecule has 0 radical (unpaired) electrons. The van der Waals surface area contributed by atoms with Crippen LogP contribution in [0.3, 0.4) is 0 Å². The zero-order valence-electron chi connectivity index (χ0n) is 15.5. The SMILES string of the molecule is C=CC(=O)OC1(C)CCCCCC1.CC1(C(=O)O)C=CC=C(C(=O)O)C1. The predicted octanol–water partition coefficient (Wildman–Crippen LogP) is 3.88. The molecule has 0 aromatic carbocycles. The Hall–Kier alpha value is -2.37. The Bertz CT molecular complexity index is 608. The van der Waals surface area contributed by atoms with Gasteiger partial charge < -0.3 is 14.9 Å². The number of hydrogen-bond donors (Lipinski definition) is 2. The largest absolute Gasteiger partial charge is 0.481 e. The van der Waals surface area contributed by atoms with Crippen LogP contribution in [-0.4, -0.2) is 33.7 Å². The molecule has 0 aromatic rings. The molecule has 1 atom stereocenters. The van der Waals surface area contributed by atoms with Crippen molar-refractivity contribution in [2.24, 2.45) is 5.41 Å². The minimum absolute atomic E-state index is 0.0359. The molecular formula is C20H28O6. The second kappa shape index (κ2) is 9.36. The van der Waals surface area contributed by atoms with Crippen LogP contribution in [0.1, 0.15) is 58.8 Å². The summed E-state index contributed by atoms with van der Waals surface area (Å²) in [6.45, 7) is 6.94. The van der Waals surface area contributed by atoms with E-state index in [4.69, 9.17) is 14.9 Å². The van der Waals surface area contributed by atoms with Gasteiger partial charge in [-0.25, -0.2) is 9.59 Å². The van der Waals surface area contributed by atoms with Gasteiger partial charge in [-0.3, -0.25) is 4.79 Å². The van der Waals surface area contributed by atoms with E-state index < -0.39 is 17.4 Å². The van der Waals surface area contributed by atoms with Gasteiger partial charge in [0.2, 0.25) is 0 Å². The number of rotatable bonds is 4. The van der Waals surface area contributed by atoms with Crippen LogP contribution in [0.15, 0.2) is 36.5 Å². The third-order valence-electron chi connectivity index (χ3n) is 4.76. The molecule has 0 aromatic heterocycles. The van der Waals surface area contributed by atoms with Crippen LogP contribution in [-0.2, 0) is 19.1 Å². The van der Waals surface area contributed by atoms with Crippen LogP contribution in [0, 0.1) is 5.41 Å². The number of esters is 1. The van der Waals surface area contributed by atoms with E-state index in [0.29, 0.717) is 0 Å². The first-order valence-electron chi connectivity index (χ1n) is 8.82. The maximum atomic E-state index is 11.1. The minimum atomic E-state index is -1.08. The van der Waals surface area contributed by atoms with E-state index in [9.17, 15) is 14.4 Å². The van der Waals surface area contributed by atoms with Crippen LogP contribution >= 0.6 is 0 Å². The molecule has 144 valence electrons. The van der Waals surface area contributed by atoms with Gasteiger partial charge in [0.1, 0.15) is 5.60 Å². The highest BCUT2D eigenvalue weighted by Gasteiger charge is 2.34. The van der Waals surface area contributed by atoms with E-state index in [1.165, 1.54) is 56.9 Å². The smallest absolute Gasteiger partial charge is 0.331 e. The second-order valence-electron chi connectivity index (χ2n) is 7.24. The van der Waals surface area contributed by atoms with Gasteiger partial charge >= 0.3 is 17.9 Å². The third-order valence-corrected chi connectivity index (χ3v) is 4.76. The third kappa shape index (κ3) is 6.50. The summed E-state index contributed by atoms with van der Waals surface area (Å²) < 4.78 is 5.35. The van der Waals surface area contributed by atoms with Gasteiger partial charge in [0.05, 0.1) is 5.41 Å². The molecule has 2 aliphatic rings. The molecule has 2 N–H and O–H groups in total. The van der Waals surface area contributed by atoms with Crippen LogP contribution in [0.2, 0.25) is 0 Å². The fourth-order valence-electron chi connectivity index (χ4n) is 3.05. The average molecular weight is 364 g/mol. The van der Waals surface area contributed by atoms with Crippen molar-refractivity contribution in [3.05, 3.63) is 36.5 Å². The van der Waals surface area contributed by atoms with Gasteiger partial charge in [0.15, 0.2) is 0 Å². The van der Waals surface area contributed by atoms with Gasteiger partial charge in [-0.1, -0.05) is 37.6 Å². The van der Waals surface area contributed by atoms with E-state index >= 15 is 0 Å². The first kappa shape index (κ1) is 21.7. The highest BCUT2D eigenvalue weighted by Crippen LogP contribution is 2.31. The summed E-state index contributed by atoms with van der Waals surface area (Å²) in [6, 6.07) is 0. The summed E-state index contributed by atoms with van der Waals surface area (Å²) in [4.78, 5) is 32.4. The quantitative estimate of drug-likeness (QED) is 0.446. The Morgan fingerprint density at radius 1 is 1.12 bits per heavy atom. The Morgan fingerprint density at radius 3 is 2.15 bits per heavy atom. The minimum Gasteiger partial charge on any atom is -0.481 e. The van der Waals surface area contributed by atoms with Gasteiger partial charge in [-0.2, -0.15) is 0 Å². The molecule has 6 heteroatoms. The van der Waals surface area contributed by atoms with Crippen LogP contribution in [0.4, 0.5) is 0 Å². The van der Waals surface area contributed by atoms with E-state index in [1.54, 1.807) is 0 Å². The fraction of sp³-hybridized carbons (Fsp3) is 0.550. The Kier molecular flexibility index (Phi) is 7.80. The predicted molar refractivity (Wildman–Crippen MR) is 97.6 cm³/mol. The molecule has 0 heterocycles. The van der Waals surface area contributed by atoms with Gasteiger partial charge in [0.25, 0.3) is 0 Å². The zero-order valence-corrected chi connectivity index (χ0v) is 15.5. The number of carboxylic acids is 2. The highest BCUT2D eigenvalue weighted by atomic mass is 16.6. The number of allylic oxidation sites excluding steroid dienone is 2. The van der Waals surface area contributed by atoms with E-state index in [2.05, 4.69) is 6.58 Å². The molecule has 1 saturated carbocycles. The maximum absolute atomic E-state index is 11.1. The lowest BCUT2D eigenvalue weighted by molar-refractivity contribution is -0.153. The standard InChI is InChI=1S/C11H18O2.C9H10O4/c1-3-10(12)13-11(2)8-6-4-5-7-9-11;1-9(8(12)13)4-2-3-6(5-9)7(10)11/h3H,1,4-9H2,2H3;2-4H,5H2,1H3,(H,10,11)(H,12,13). The molecule has 6 nitrogen and oxygen atoms in total. The van der Waals surface area contributed by atoms with Gasteiger partial charge in [-0.05, 0) is 46.0 Å². The van der Waals surface area contributed by atoms with Crippen LogP contribution < -0.4 is 0 Å². The number of hydrogen-bond acceptors (Lipinski definition) is 4. The molecule has 0 bridgehead atoms. The molecule has 2 aliphatic carbocycles. The Morgan fingerprint density at radius 2 is 1.69 bits per heavy atom. The molecule has 26 heavy (non-hydrogen) atoms. The molecule has 0 saturated heterocycles. The lowest BCUT2D eigenvalue weighted by Crippen LogP contribution is -2.30. The van der Waals surface area contributed by atoms with Crippen molar-refractivity contribution < 1.29 is 29.3 Å². The number of aliphatic carboxylic acids is 2. The van der Waals surface area contributed by atoms with Crippen LogP contribution in [0.5, 0.6) is 0 Å². The summed E-state index contributed by atoms with van der Waals surface area (Å²) >= 11 is 0. The maximum Gasteiger partial charge on any atom is 0.331 e. The summed E-state index contributed by atoms with van der Waals surface area (Å²) in [5, 5.41) is 17.5. The van der Waals surface area contributed by atoms with Crippen molar-refractivity contribution in [3.63, 3.8) is 0 Å². The summed E-state index contributed by atoms with van der Waals surface area (Å²) in [7, 11) is 0. The Balaban J connectivity index is 0.000000260. The molecule has 2 rings (SSSR count). The number of carbonyl (C=O) groups excluding carboxylic acids is 1. The molecule has 0 aliphatic heterocycles. The van der Waals surface area contributed by atoms with Crippen LogP contribution in [0.25, 0.3) is 0 Å². The lowest BCUT2D eigenvalue weighted by atomic mass is 9.80. The normalized spacial score (nSPS) is 24.2. The molecule has 1 unspecified atom stereocenters. The van der Waals surface area contributed by atoms with Crippen molar-refractivity contribution in [1.29, 1.82) is 0 Å². The number of carboxylic acid groups (broad SMARTS) is 2. The Labute approximate surface area is 154 Å². The van der Waals surface area contributed by atoms with Crippen molar-refractivity contribution in [2.45, 2.75) is 64.4 Å². The first-order valence-corrected chi connectivity index (χ1v) is 8.82. The topological polar surface area (TPSA) is 101 Å². The van der Waals surface area contributed by atoms with Crippen molar-refractivity contribution in [1.82, 2.24) is 0 Å². The number of ether oxygens (including phenoxy) is 1. The zero-order chi connectivity index (χ0) is 19.8. The first-order chi connectivity index (χ1) is 12.1. The van der Waals surface area contributed by atoms with Crippen molar-refractivity contribution in [3.8, 4) is 0 Å².